The zero-order valence-electron chi connectivity index (χ0n) is 12.5. The summed E-state index contributed by atoms with van der Waals surface area (Å²) in [6.07, 6.45) is 3.60. The third kappa shape index (κ3) is 3.38. The fraction of sp³-hybridized carbons (Fsp3) is 0.235. The van der Waals surface area contributed by atoms with Gasteiger partial charge >= 0.3 is 0 Å². The Morgan fingerprint density at radius 3 is 2.77 bits per heavy atom. The van der Waals surface area contributed by atoms with Gasteiger partial charge in [-0.05, 0) is 19.1 Å². The van der Waals surface area contributed by atoms with E-state index in [1.165, 1.54) is 5.56 Å². The molecule has 0 bridgehead atoms. The average molecular weight is 297 g/mol. The Hall–Kier alpha value is -2.53. The molecule has 0 saturated carbocycles. The van der Waals surface area contributed by atoms with Crippen LogP contribution in [0.2, 0.25) is 0 Å². The van der Waals surface area contributed by atoms with Gasteiger partial charge in [0.15, 0.2) is 0 Å². The summed E-state index contributed by atoms with van der Waals surface area (Å²) in [4.78, 5) is 0. The molecule has 114 valence electrons. The van der Waals surface area contributed by atoms with Crippen molar-refractivity contribution >= 4 is 5.69 Å². The summed E-state index contributed by atoms with van der Waals surface area (Å²) >= 11 is 0. The summed E-state index contributed by atoms with van der Waals surface area (Å²) in [5.41, 5.74) is 3.21. The molecule has 3 rings (SSSR count). The number of hydrogen-bond donors (Lipinski definition) is 2. The smallest absolute Gasteiger partial charge is 0.134 e. The topological polar surface area (TPSA) is 63.2 Å². The van der Waals surface area contributed by atoms with Crippen molar-refractivity contribution in [2.24, 2.45) is 0 Å². The van der Waals surface area contributed by atoms with Crippen LogP contribution in [-0.2, 0) is 13.1 Å². The lowest BCUT2D eigenvalue weighted by Crippen LogP contribution is -2.02. The number of anilines is 1. The third-order valence-electron chi connectivity index (χ3n) is 3.43. The van der Waals surface area contributed by atoms with Gasteiger partial charge in [-0.3, -0.25) is 4.68 Å². The lowest BCUT2D eigenvalue weighted by molar-refractivity contribution is 0.269. The molecule has 0 fully saturated rings. The van der Waals surface area contributed by atoms with Crippen LogP contribution in [0, 0.1) is 6.92 Å². The van der Waals surface area contributed by atoms with E-state index in [1.807, 2.05) is 18.3 Å². The van der Waals surface area contributed by atoms with E-state index < -0.39 is 0 Å². The van der Waals surface area contributed by atoms with E-state index in [2.05, 4.69) is 41.6 Å². The monoisotopic (exact) mass is 297 g/mol. The van der Waals surface area contributed by atoms with E-state index in [9.17, 15) is 0 Å². The predicted molar refractivity (Wildman–Crippen MR) is 85.5 cm³/mol. The molecular formula is C17H19N3O2. The van der Waals surface area contributed by atoms with Crippen molar-refractivity contribution in [3.8, 4) is 11.3 Å². The first-order valence-corrected chi connectivity index (χ1v) is 7.27. The van der Waals surface area contributed by atoms with Gasteiger partial charge in [-0.1, -0.05) is 29.8 Å². The first kappa shape index (κ1) is 14.4. The van der Waals surface area contributed by atoms with Gasteiger partial charge in [-0.25, -0.2) is 0 Å². The maximum absolute atomic E-state index is 8.87. The number of aliphatic hydroxyl groups excluding tert-OH is 1. The van der Waals surface area contributed by atoms with Crippen molar-refractivity contribution < 1.29 is 9.52 Å². The number of benzene rings is 1. The van der Waals surface area contributed by atoms with E-state index in [0.29, 0.717) is 13.1 Å². The Kier molecular flexibility index (Phi) is 4.25. The summed E-state index contributed by atoms with van der Waals surface area (Å²) in [5.74, 6) is 1.73. The number of hydrogen-bond acceptors (Lipinski definition) is 4. The highest BCUT2D eigenvalue weighted by Gasteiger charge is 2.05. The van der Waals surface area contributed by atoms with Crippen LogP contribution in [0.3, 0.4) is 0 Å². The van der Waals surface area contributed by atoms with Crippen molar-refractivity contribution in [2.45, 2.75) is 20.0 Å². The molecule has 0 unspecified atom stereocenters. The highest BCUT2D eigenvalue weighted by atomic mass is 16.3. The van der Waals surface area contributed by atoms with Gasteiger partial charge in [0.05, 0.1) is 31.6 Å². The molecule has 3 aromatic rings. The summed E-state index contributed by atoms with van der Waals surface area (Å²) in [5, 5.41) is 16.3. The molecule has 0 aliphatic rings. The Bertz CT molecular complexity index is 728. The van der Waals surface area contributed by atoms with Gasteiger partial charge in [-0.2, -0.15) is 5.10 Å². The molecule has 2 N–H and O–H groups in total. The van der Waals surface area contributed by atoms with Gasteiger partial charge in [0.1, 0.15) is 11.5 Å². The number of rotatable bonds is 6. The molecule has 0 amide bonds. The van der Waals surface area contributed by atoms with Gasteiger partial charge < -0.3 is 14.8 Å². The van der Waals surface area contributed by atoms with E-state index in [4.69, 9.17) is 9.52 Å². The minimum absolute atomic E-state index is 0.0826. The molecule has 2 heterocycles. The first-order chi connectivity index (χ1) is 10.7. The number of aromatic nitrogens is 2. The van der Waals surface area contributed by atoms with E-state index in [0.717, 1.165) is 22.8 Å². The van der Waals surface area contributed by atoms with Crippen LogP contribution >= 0.6 is 0 Å². The highest BCUT2D eigenvalue weighted by Crippen LogP contribution is 2.23. The van der Waals surface area contributed by atoms with Crippen LogP contribution in [0.15, 0.2) is 53.2 Å². The van der Waals surface area contributed by atoms with Crippen molar-refractivity contribution in [1.29, 1.82) is 0 Å². The largest absolute Gasteiger partial charge is 0.459 e. The fourth-order valence-electron chi connectivity index (χ4n) is 2.21. The molecule has 5 heteroatoms. The van der Waals surface area contributed by atoms with Crippen molar-refractivity contribution in [2.75, 3.05) is 11.9 Å². The van der Waals surface area contributed by atoms with Crippen molar-refractivity contribution in [3.63, 3.8) is 0 Å². The molecule has 2 aromatic heterocycles. The van der Waals surface area contributed by atoms with Crippen LogP contribution in [0.5, 0.6) is 0 Å². The minimum Gasteiger partial charge on any atom is -0.459 e. The SMILES string of the molecule is Cc1ccc(-c2ccc(CNc3cnn(CCO)c3)o2)cc1. The van der Waals surface area contributed by atoms with Crippen LogP contribution in [0.1, 0.15) is 11.3 Å². The molecule has 0 radical (unpaired) electrons. The Labute approximate surface area is 129 Å². The van der Waals surface area contributed by atoms with Gasteiger partial charge in [0.2, 0.25) is 0 Å². The van der Waals surface area contributed by atoms with Crippen LogP contribution in [0.25, 0.3) is 11.3 Å². The minimum atomic E-state index is 0.0826. The first-order valence-electron chi connectivity index (χ1n) is 7.27. The van der Waals surface area contributed by atoms with Crippen LogP contribution < -0.4 is 5.32 Å². The molecule has 1 aromatic carbocycles. The van der Waals surface area contributed by atoms with E-state index in [-0.39, 0.29) is 6.61 Å². The average Bonchev–Trinajstić information content (AvgIpc) is 3.16. The lowest BCUT2D eigenvalue weighted by Gasteiger charge is -2.01. The second-order valence-corrected chi connectivity index (χ2v) is 5.20. The number of aliphatic hydroxyl groups is 1. The second-order valence-electron chi connectivity index (χ2n) is 5.20. The number of aryl methyl sites for hydroxylation is 1. The molecule has 0 spiro atoms. The third-order valence-corrected chi connectivity index (χ3v) is 3.43. The van der Waals surface area contributed by atoms with Gasteiger partial charge in [-0.15, -0.1) is 0 Å². The Balaban J connectivity index is 1.62. The standard InChI is InChI=1S/C17H19N3O2/c1-13-2-4-14(5-3-13)17-7-6-16(22-17)11-18-15-10-19-20(12-15)8-9-21/h2-7,10,12,18,21H,8-9,11H2,1H3. The van der Waals surface area contributed by atoms with E-state index >= 15 is 0 Å². The van der Waals surface area contributed by atoms with Gasteiger partial charge in [0.25, 0.3) is 0 Å². The summed E-state index contributed by atoms with van der Waals surface area (Å²) in [6, 6.07) is 12.2. The van der Waals surface area contributed by atoms with Crippen molar-refractivity contribution in [1.82, 2.24) is 9.78 Å². The quantitative estimate of drug-likeness (QED) is 0.734. The number of furan rings is 1. The van der Waals surface area contributed by atoms with Crippen LogP contribution in [-0.4, -0.2) is 21.5 Å². The second kappa shape index (κ2) is 6.49. The Morgan fingerprint density at radius 2 is 2.00 bits per heavy atom. The highest BCUT2D eigenvalue weighted by molar-refractivity contribution is 5.58. The maximum atomic E-state index is 8.87. The molecule has 22 heavy (non-hydrogen) atoms. The fourth-order valence-corrected chi connectivity index (χ4v) is 2.21. The van der Waals surface area contributed by atoms with Crippen molar-refractivity contribution in [3.05, 3.63) is 60.1 Å². The predicted octanol–water partition coefficient (Wildman–Crippen LogP) is 3.06. The molecule has 0 saturated heterocycles. The zero-order chi connectivity index (χ0) is 15.4. The number of nitrogens with one attached hydrogen (secondary N) is 1. The summed E-state index contributed by atoms with van der Waals surface area (Å²) in [6.45, 7) is 3.24. The molecule has 0 aliphatic carbocycles. The molecule has 5 nitrogen and oxygen atoms in total. The van der Waals surface area contributed by atoms with E-state index in [1.54, 1.807) is 10.9 Å². The summed E-state index contributed by atoms with van der Waals surface area (Å²) in [7, 11) is 0. The molecule has 0 aliphatic heterocycles. The zero-order valence-corrected chi connectivity index (χ0v) is 12.5. The summed E-state index contributed by atoms with van der Waals surface area (Å²) < 4.78 is 7.55. The maximum Gasteiger partial charge on any atom is 0.134 e. The molecular weight excluding hydrogens is 278 g/mol. The normalized spacial score (nSPS) is 10.8. The van der Waals surface area contributed by atoms with Gasteiger partial charge in [0, 0.05) is 11.8 Å². The molecule has 0 atom stereocenters. The number of nitrogens with zero attached hydrogens (tertiary/aromatic N) is 2. The Morgan fingerprint density at radius 1 is 1.18 bits per heavy atom. The lowest BCUT2D eigenvalue weighted by atomic mass is 10.1. The van der Waals surface area contributed by atoms with Crippen LogP contribution in [0.4, 0.5) is 5.69 Å².